The number of rotatable bonds is 8. The second kappa shape index (κ2) is 11.5. The number of benzene rings is 3. The van der Waals surface area contributed by atoms with Crippen LogP contribution in [-0.2, 0) is 16.1 Å². The van der Waals surface area contributed by atoms with Gasteiger partial charge in [-0.2, -0.15) is 5.26 Å². The molecule has 1 amide bonds. The number of ether oxygens (including phenoxy) is 2. The zero-order valence-electron chi connectivity index (χ0n) is 17.9. The Morgan fingerprint density at radius 1 is 1.00 bits per heavy atom. The first-order valence-electron chi connectivity index (χ1n) is 10.2. The van der Waals surface area contributed by atoms with Crippen molar-refractivity contribution >= 4 is 35.2 Å². The van der Waals surface area contributed by atoms with E-state index >= 15 is 0 Å². The molecule has 1 N–H and O–H groups in total. The Bertz CT molecular complexity index is 1180. The van der Waals surface area contributed by atoms with E-state index in [1.54, 1.807) is 67.6 Å². The zero-order valence-corrected chi connectivity index (χ0v) is 18.6. The van der Waals surface area contributed by atoms with Crippen LogP contribution >= 0.6 is 11.6 Å². The van der Waals surface area contributed by atoms with Gasteiger partial charge in [-0.3, -0.25) is 4.79 Å². The summed E-state index contributed by atoms with van der Waals surface area (Å²) in [6, 6.07) is 22.6. The van der Waals surface area contributed by atoms with E-state index in [0.29, 0.717) is 34.2 Å². The predicted octanol–water partition coefficient (Wildman–Crippen LogP) is 5.64. The van der Waals surface area contributed by atoms with Crippen LogP contribution in [0.15, 0.2) is 78.4 Å². The molecule has 0 heterocycles. The summed E-state index contributed by atoms with van der Waals surface area (Å²) >= 11 is 5.88. The van der Waals surface area contributed by atoms with Gasteiger partial charge in [0.05, 0.1) is 12.2 Å². The van der Waals surface area contributed by atoms with Gasteiger partial charge in [-0.25, -0.2) is 4.79 Å². The Morgan fingerprint density at radius 2 is 1.67 bits per heavy atom. The molecule has 0 aliphatic carbocycles. The number of amides is 1. The lowest BCUT2D eigenvalue weighted by atomic mass is 10.1. The number of nitriles is 1. The van der Waals surface area contributed by atoms with E-state index in [0.717, 1.165) is 5.56 Å². The van der Waals surface area contributed by atoms with Crippen LogP contribution in [0, 0.1) is 11.3 Å². The van der Waals surface area contributed by atoms with Gasteiger partial charge in [0.1, 0.15) is 24.0 Å². The number of carbonyl (C=O) groups excluding carboxylic acids is 2. The normalized spacial score (nSPS) is 10.8. The van der Waals surface area contributed by atoms with Gasteiger partial charge >= 0.3 is 5.97 Å². The molecule has 0 aliphatic heterocycles. The second-order valence-corrected chi connectivity index (χ2v) is 7.34. The minimum absolute atomic E-state index is 0.0562. The number of nitrogens with one attached hydrogen (secondary N) is 1. The van der Waals surface area contributed by atoms with Gasteiger partial charge in [0.2, 0.25) is 0 Å². The summed E-state index contributed by atoms with van der Waals surface area (Å²) in [6.07, 6.45) is 1.49. The van der Waals surface area contributed by atoms with Gasteiger partial charge in [0.15, 0.2) is 0 Å². The van der Waals surface area contributed by atoms with Crippen molar-refractivity contribution in [2.45, 2.75) is 13.5 Å². The summed E-state index contributed by atoms with van der Waals surface area (Å²) in [5, 5.41) is 12.7. The first kappa shape index (κ1) is 23.6. The number of esters is 1. The molecule has 3 aromatic rings. The number of hydrogen-bond acceptors (Lipinski definition) is 5. The summed E-state index contributed by atoms with van der Waals surface area (Å²) in [6.45, 7) is 2.40. The van der Waals surface area contributed by atoms with Gasteiger partial charge in [-0.15, -0.1) is 0 Å². The number of anilines is 1. The lowest BCUT2D eigenvalue weighted by molar-refractivity contribution is -0.112. The largest absolute Gasteiger partial charge is 0.489 e. The summed E-state index contributed by atoms with van der Waals surface area (Å²) in [5.41, 5.74) is 2.45. The lowest BCUT2D eigenvalue weighted by Crippen LogP contribution is -2.13. The van der Waals surface area contributed by atoms with Gasteiger partial charge in [-0.05, 0) is 72.7 Å². The highest BCUT2D eigenvalue weighted by Gasteiger charge is 2.11. The lowest BCUT2D eigenvalue weighted by Gasteiger charge is -2.07. The van der Waals surface area contributed by atoms with E-state index < -0.39 is 11.9 Å². The quantitative estimate of drug-likeness (QED) is 0.267. The highest BCUT2D eigenvalue weighted by Crippen LogP contribution is 2.18. The molecule has 33 heavy (non-hydrogen) atoms. The van der Waals surface area contributed by atoms with E-state index in [2.05, 4.69) is 5.32 Å². The smallest absolute Gasteiger partial charge is 0.338 e. The molecule has 0 radical (unpaired) electrons. The topological polar surface area (TPSA) is 88.4 Å². The second-order valence-electron chi connectivity index (χ2n) is 6.91. The Morgan fingerprint density at radius 3 is 2.27 bits per heavy atom. The molecule has 0 bridgehead atoms. The van der Waals surface area contributed by atoms with Crippen LogP contribution in [0.4, 0.5) is 5.69 Å². The van der Waals surface area contributed by atoms with E-state index in [1.807, 2.05) is 18.2 Å². The van der Waals surface area contributed by atoms with Crippen molar-refractivity contribution in [1.82, 2.24) is 0 Å². The Kier molecular flexibility index (Phi) is 8.23. The highest BCUT2D eigenvalue weighted by molar-refractivity contribution is 6.30. The fourth-order valence-electron chi connectivity index (χ4n) is 2.83. The van der Waals surface area contributed by atoms with E-state index in [1.165, 1.54) is 6.08 Å². The number of nitrogens with zero attached hydrogens (tertiary/aromatic N) is 1. The molecule has 0 fully saturated rings. The summed E-state index contributed by atoms with van der Waals surface area (Å²) < 4.78 is 10.7. The standard InChI is InChI=1S/C26H21ClN2O4/c1-2-32-26(31)20-7-11-23(12-8-20)29-25(30)21(16-28)15-18-5-13-24(14-6-18)33-17-19-3-9-22(27)10-4-19/h3-15H,2,17H2,1H3,(H,29,30)/b21-15+. The third-order valence-corrected chi connectivity index (χ3v) is 4.78. The number of hydrogen-bond donors (Lipinski definition) is 1. The number of halogens is 1. The van der Waals surface area contributed by atoms with Crippen LogP contribution < -0.4 is 10.1 Å². The van der Waals surface area contributed by atoms with Crippen LogP contribution in [0.5, 0.6) is 5.75 Å². The van der Waals surface area contributed by atoms with Crippen molar-refractivity contribution < 1.29 is 19.1 Å². The molecule has 0 saturated heterocycles. The molecule has 166 valence electrons. The molecule has 6 nitrogen and oxygen atoms in total. The highest BCUT2D eigenvalue weighted by atomic mass is 35.5. The molecule has 0 aliphatic rings. The van der Waals surface area contributed by atoms with Gasteiger partial charge in [-0.1, -0.05) is 35.9 Å². The van der Waals surface area contributed by atoms with Gasteiger partial charge in [0.25, 0.3) is 5.91 Å². The Balaban J connectivity index is 1.61. The molecule has 0 unspecified atom stereocenters. The van der Waals surface area contributed by atoms with Gasteiger partial charge < -0.3 is 14.8 Å². The molecular weight excluding hydrogens is 440 g/mol. The third-order valence-electron chi connectivity index (χ3n) is 4.53. The zero-order chi connectivity index (χ0) is 23.6. The van der Waals surface area contributed by atoms with Crippen LogP contribution in [0.3, 0.4) is 0 Å². The fourth-order valence-corrected chi connectivity index (χ4v) is 2.95. The average molecular weight is 461 g/mol. The van der Waals surface area contributed by atoms with Crippen molar-refractivity contribution in [3.05, 3.63) is 100 Å². The minimum Gasteiger partial charge on any atom is -0.489 e. The van der Waals surface area contributed by atoms with E-state index in [4.69, 9.17) is 21.1 Å². The maximum Gasteiger partial charge on any atom is 0.338 e. The minimum atomic E-state index is -0.551. The Labute approximate surface area is 197 Å². The maximum atomic E-state index is 12.5. The SMILES string of the molecule is CCOC(=O)c1ccc(NC(=O)/C(C#N)=C/c2ccc(OCc3ccc(Cl)cc3)cc2)cc1. The van der Waals surface area contributed by atoms with Crippen molar-refractivity contribution in [3.63, 3.8) is 0 Å². The monoisotopic (exact) mass is 460 g/mol. The van der Waals surface area contributed by atoms with Crippen molar-refractivity contribution in [2.75, 3.05) is 11.9 Å². The van der Waals surface area contributed by atoms with E-state index in [9.17, 15) is 14.9 Å². The molecule has 7 heteroatoms. The molecular formula is C26H21ClN2O4. The molecule has 0 aromatic heterocycles. The van der Waals surface area contributed by atoms with Crippen LogP contribution in [-0.4, -0.2) is 18.5 Å². The van der Waals surface area contributed by atoms with Gasteiger partial charge in [0, 0.05) is 10.7 Å². The molecule has 0 saturated carbocycles. The number of carbonyl (C=O) groups is 2. The molecule has 3 aromatic carbocycles. The maximum absolute atomic E-state index is 12.5. The fraction of sp³-hybridized carbons (Fsp3) is 0.115. The first-order chi connectivity index (χ1) is 16.0. The van der Waals surface area contributed by atoms with Crippen LogP contribution in [0.25, 0.3) is 6.08 Å². The average Bonchev–Trinajstić information content (AvgIpc) is 2.83. The molecule has 0 spiro atoms. The third kappa shape index (κ3) is 6.96. The van der Waals surface area contributed by atoms with Crippen molar-refractivity contribution in [3.8, 4) is 11.8 Å². The summed E-state index contributed by atoms with van der Waals surface area (Å²) in [7, 11) is 0. The molecule has 3 rings (SSSR count). The van der Waals surface area contributed by atoms with E-state index in [-0.39, 0.29) is 12.2 Å². The summed E-state index contributed by atoms with van der Waals surface area (Å²) in [5.74, 6) is -0.329. The molecule has 0 atom stereocenters. The van der Waals surface area contributed by atoms with Crippen LogP contribution in [0.1, 0.15) is 28.4 Å². The predicted molar refractivity (Wildman–Crippen MR) is 127 cm³/mol. The Hall–Kier alpha value is -4.08. The van der Waals surface area contributed by atoms with Crippen molar-refractivity contribution in [2.24, 2.45) is 0 Å². The first-order valence-corrected chi connectivity index (χ1v) is 10.5. The summed E-state index contributed by atoms with van der Waals surface area (Å²) in [4.78, 5) is 24.2. The van der Waals surface area contributed by atoms with Crippen LogP contribution in [0.2, 0.25) is 5.02 Å². The van der Waals surface area contributed by atoms with Crippen molar-refractivity contribution in [1.29, 1.82) is 5.26 Å².